The Kier molecular flexibility index (Phi) is 1.71. The summed E-state index contributed by atoms with van der Waals surface area (Å²) in [6.07, 6.45) is 3.44. The van der Waals surface area contributed by atoms with E-state index in [4.69, 9.17) is 11.1 Å². The molecule has 0 saturated heterocycles. The molecule has 4 nitrogen and oxygen atoms in total. The zero-order valence-corrected chi connectivity index (χ0v) is 5.83. The first kappa shape index (κ1) is 6.80. The molecule has 0 atom stereocenters. The number of nitrogens with zero attached hydrogens (tertiary/aromatic N) is 2. The van der Waals surface area contributed by atoms with E-state index in [1.807, 2.05) is 11.5 Å². The van der Waals surface area contributed by atoms with Crippen molar-refractivity contribution in [3.05, 3.63) is 18.2 Å². The van der Waals surface area contributed by atoms with Crippen molar-refractivity contribution in [2.45, 2.75) is 13.5 Å². The average molecular weight is 138 g/mol. The predicted octanol–water partition coefficient (Wildman–Crippen LogP) is 0.187. The number of rotatable bonds is 2. The van der Waals surface area contributed by atoms with Crippen LogP contribution >= 0.6 is 0 Å². The minimum Gasteiger partial charge on any atom is -0.381 e. The zero-order chi connectivity index (χ0) is 7.56. The summed E-state index contributed by atoms with van der Waals surface area (Å²) in [4.78, 5) is 3.90. The molecule has 0 aliphatic heterocycles. The predicted molar refractivity (Wildman–Crippen MR) is 38.9 cm³/mol. The summed E-state index contributed by atoms with van der Waals surface area (Å²) >= 11 is 0. The first-order valence-electron chi connectivity index (χ1n) is 3.11. The van der Waals surface area contributed by atoms with E-state index in [-0.39, 0.29) is 5.84 Å². The van der Waals surface area contributed by atoms with E-state index in [1.165, 1.54) is 0 Å². The Morgan fingerprint density at radius 3 is 3.00 bits per heavy atom. The molecule has 1 aromatic rings. The van der Waals surface area contributed by atoms with Crippen molar-refractivity contribution in [1.82, 2.24) is 9.55 Å². The molecule has 0 aliphatic rings. The lowest BCUT2D eigenvalue weighted by atomic mass is 10.5. The van der Waals surface area contributed by atoms with E-state index < -0.39 is 0 Å². The van der Waals surface area contributed by atoms with Gasteiger partial charge >= 0.3 is 0 Å². The molecule has 0 aromatic carbocycles. The maximum absolute atomic E-state index is 7.09. The Morgan fingerprint density at radius 2 is 2.60 bits per heavy atom. The van der Waals surface area contributed by atoms with Crippen LogP contribution < -0.4 is 5.73 Å². The highest BCUT2D eigenvalue weighted by Crippen LogP contribution is 1.94. The highest BCUT2D eigenvalue weighted by Gasteiger charge is 2.01. The molecule has 1 heterocycles. The third-order valence-corrected chi connectivity index (χ3v) is 1.30. The second-order valence-corrected chi connectivity index (χ2v) is 1.95. The normalized spacial score (nSPS) is 9.70. The lowest BCUT2D eigenvalue weighted by molar-refractivity contribution is 0.751. The molecule has 4 heteroatoms. The lowest BCUT2D eigenvalue weighted by Gasteiger charge is -2.00. The summed E-state index contributed by atoms with van der Waals surface area (Å²) in [5.41, 5.74) is 5.23. The summed E-state index contributed by atoms with van der Waals surface area (Å²) in [5, 5.41) is 7.09. The van der Waals surface area contributed by atoms with E-state index >= 15 is 0 Å². The van der Waals surface area contributed by atoms with Gasteiger partial charge in [-0.1, -0.05) is 0 Å². The van der Waals surface area contributed by atoms with Gasteiger partial charge in [0.2, 0.25) is 0 Å². The van der Waals surface area contributed by atoms with Crippen LogP contribution in [0.1, 0.15) is 12.7 Å². The van der Waals surface area contributed by atoms with E-state index in [1.54, 1.807) is 12.4 Å². The molecule has 1 rings (SSSR count). The number of aryl methyl sites for hydroxylation is 1. The minimum absolute atomic E-state index is 0.0202. The van der Waals surface area contributed by atoms with Crippen LogP contribution in [0, 0.1) is 5.41 Å². The van der Waals surface area contributed by atoms with Gasteiger partial charge in [-0.25, -0.2) is 4.98 Å². The standard InChI is InChI=1S/C6H10N4/c1-2-10-4-3-9-6(10)5(7)8/h3-4H,2H2,1H3,(H3,7,8). The molecule has 0 bridgehead atoms. The molecule has 3 N–H and O–H groups in total. The van der Waals surface area contributed by atoms with Gasteiger partial charge in [-0.3, -0.25) is 5.41 Å². The molecule has 54 valence electrons. The quantitative estimate of drug-likeness (QED) is 0.452. The van der Waals surface area contributed by atoms with Crippen molar-refractivity contribution < 1.29 is 0 Å². The number of imidazole rings is 1. The van der Waals surface area contributed by atoms with Crippen molar-refractivity contribution in [3.8, 4) is 0 Å². The van der Waals surface area contributed by atoms with Gasteiger partial charge in [-0.2, -0.15) is 0 Å². The highest BCUT2D eigenvalue weighted by molar-refractivity contribution is 5.91. The summed E-state index contributed by atoms with van der Waals surface area (Å²) < 4.78 is 1.82. The number of nitrogen functional groups attached to an aromatic ring is 1. The van der Waals surface area contributed by atoms with Crippen LogP contribution in [0.15, 0.2) is 12.4 Å². The number of nitrogens with one attached hydrogen (secondary N) is 1. The number of hydrogen-bond donors (Lipinski definition) is 2. The Labute approximate surface area is 59.2 Å². The Morgan fingerprint density at radius 1 is 1.90 bits per heavy atom. The molecule has 0 fully saturated rings. The number of aromatic nitrogens is 2. The molecule has 0 spiro atoms. The Bertz CT molecular complexity index is 238. The smallest absolute Gasteiger partial charge is 0.175 e. The maximum Gasteiger partial charge on any atom is 0.175 e. The SMILES string of the molecule is CCn1ccnc1C(=N)N. The molecule has 1 aromatic heterocycles. The fraction of sp³-hybridized carbons (Fsp3) is 0.333. The van der Waals surface area contributed by atoms with E-state index in [2.05, 4.69) is 4.98 Å². The van der Waals surface area contributed by atoms with Crippen LogP contribution in [-0.2, 0) is 6.54 Å². The molecular weight excluding hydrogens is 128 g/mol. The number of hydrogen-bond acceptors (Lipinski definition) is 2. The van der Waals surface area contributed by atoms with Gasteiger partial charge in [0.05, 0.1) is 0 Å². The van der Waals surface area contributed by atoms with Gasteiger partial charge in [0.1, 0.15) is 0 Å². The fourth-order valence-electron chi connectivity index (χ4n) is 0.809. The molecule has 0 amide bonds. The topological polar surface area (TPSA) is 67.7 Å². The van der Waals surface area contributed by atoms with Crippen LogP contribution in [0.5, 0.6) is 0 Å². The Balaban J connectivity index is 3.01. The summed E-state index contributed by atoms with van der Waals surface area (Å²) in [5.74, 6) is 0.564. The molecule has 0 unspecified atom stereocenters. The van der Waals surface area contributed by atoms with Crippen molar-refractivity contribution in [3.63, 3.8) is 0 Å². The first-order valence-corrected chi connectivity index (χ1v) is 3.11. The van der Waals surface area contributed by atoms with Crippen LogP contribution in [0.25, 0.3) is 0 Å². The second kappa shape index (κ2) is 2.51. The zero-order valence-electron chi connectivity index (χ0n) is 5.83. The van der Waals surface area contributed by atoms with Crippen LogP contribution in [0.3, 0.4) is 0 Å². The number of amidine groups is 1. The summed E-state index contributed by atoms with van der Waals surface area (Å²) in [7, 11) is 0. The monoisotopic (exact) mass is 138 g/mol. The third kappa shape index (κ3) is 1.00. The first-order chi connectivity index (χ1) is 4.75. The van der Waals surface area contributed by atoms with Gasteiger partial charge < -0.3 is 10.3 Å². The second-order valence-electron chi connectivity index (χ2n) is 1.95. The van der Waals surface area contributed by atoms with E-state index in [0.29, 0.717) is 5.82 Å². The lowest BCUT2D eigenvalue weighted by Crippen LogP contribution is -2.17. The molecule has 0 radical (unpaired) electrons. The van der Waals surface area contributed by atoms with Crippen molar-refractivity contribution in [2.75, 3.05) is 0 Å². The van der Waals surface area contributed by atoms with Gasteiger partial charge in [0, 0.05) is 18.9 Å². The molecular formula is C6H10N4. The van der Waals surface area contributed by atoms with E-state index in [9.17, 15) is 0 Å². The van der Waals surface area contributed by atoms with Crippen molar-refractivity contribution in [1.29, 1.82) is 5.41 Å². The van der Waals surface area contributed by atoms with Crippen molar-refractivity contribution >= 4 is 5.84 Å². The molecule has 0 aliphatic carbocycles. The average Bonchev–Trinajstić information content (AvgIpc) is 2.33. The largest absolute Gasteiger partial charge is 0.381 e. The highest BCUT2D eigenvalue weighted by atomic mass is 15.1. The number of nitrogens with two attached hydrogens (primary N) is 1. The molecule has 0 saturated carbocycles. The third-order valence-electron chi connectivity index (χ3n) is 1.30. The van der Waals surface area contributed by atoms with Gasteiger partial charge in [0.15, 0.2) is 11.7 Å². The summed E-state index contributed by atoms with van der Waals surface area (Å²) in [6, 6.07) is 0. The molecule has 10 heavy (non-hydrogen) atoms. The van der Waals surface area contributed by atoms with Gasteiger partial charge in [0.25, 0.3) is 0 Å². The van der Waals surface area contributed by atoms with Crippen LogP contribution in [0.4, 0.5) is 0 Å². The van der Waals surface area contributed by atoms with Gasteiger partial charge in [-0.15, -0.1) is 0 Å². The van der Waals surface area contributed by atoms with Crippen molar-refractivity contribution in [2.24, 2.45) is 5.73 Å². The maximum atomic E-state index is 7.09. The Hall–Kier alpha value is -1.32. The van der Waals surface area contributed by atoms with Crippen LogP contribution in [0.2, 0.25) is 0 Å². The van der Waals surface area contributed by atoms with Crippen LogP contribution in [-0.4, -0.2) is 15.4 Å². The minimum atomic E-state index is 0.0202. The van der Waals surface area contributed by atoms with Gasteiger partial charge in [-0.05, 0) is 6.92 Å². The van der Waals surface area contributed by atoms with E-state index in [0.717, 1.165) is 6.54 Å². The summed E-state index contributed by atoms with van der Waals surface area (Å²) in [6.45, 7) is 2.78. The fourth-order valence-corrected chi connectivity index (χ4v) is 0.809.